The molecular weight excluding hydrogens is 493 g/mol. The molecule has 0 unspecified atom stereocenters. The fourth-order valence-electron chi connectivity index (χ4n) is 4.02. The third-order valence-corrected chi connectivity index (χ3v) is 8.26. The largest absolute Gasteiger partial charge is 0.326 e. The summed E-state index contributed by atoms with van der Waals surface area (Å²) in [5, 5.41) is 3.70. The zero-order valence-corrected chi connectivity index (χ0v) is 20.8. The zero-order valence-electron chi connectivity index (χ0n) is 18.5. The molecule has 1 amide bonds. The molecule has 6 nitrogen and oxygen atoms in total. The third kappa shape index (κ3) is 6.36. The number of piperidine rings is 1. The number of amides is 1. The highest BCUT2D eigenvalue weighted by Gasteiger charge is 2.32. The number of carbonyl (C=O) groups excluding carboxylic acids is 1. The maximum Gasteiger partial charge on any atom is 0.228 e. The van der Waals surface area contributed by atoms with Gasteiger partial charge in [0, 0.05) is 41.2 Å². The topological polar surface area (TPSA) is 79.4 Å². The minimum atomic E-state index is -3.63. The van der Waals surface area contributed by atoms with Crippen LogP contribution in [0.25, 0.3) is 0 Å². The smallest absolute Gasteiger partial charge is 0.228 e. The standard InChI is InChI=1S/C25H25Cl2N3O3S/c26-22-6-5-21(24(27)15-22)17-34(32,33)30-13-1-2-20(16-30)25(31)29-23-7-3-18(4-8-23)14-19-9-11-28-12-10-19/h3-12,15,20H,1-2,13-14,16-17H2,(H,29,31)/t20-/m1/s1. The number of aromatic nitrogens is 1. The van der Waals surface area contributed by atoms with Gasteiger partial charge in [0.05, 0.1) is 11.7 Å². The van der Waals surface area contributed by atoms with Crippen molar-refractivity contribution in [1.29, 1.82) is 0 Å². The van der Waals surface area contributed by atoms with Crippen molar-refractivity contribution < 1.29 is 13.2 Å². The molecule has 0 saturated carbocycles. The second kappa shape index (κ2) is 10.9. The Morgan fingerprint density at radius 3 is 2.44 bits per heavy atom. The number of pyridine rings is 1. The van der Waals surface area contributed by atoms with Crippen molar-refractivity contribution in [1.82, 2.24) is 9.29 Å². The maximum absolute atomic E-state index is 13.0. The monoisotopic (exact) mass is 517 g/mol. The number of carbonyl (C=O) groups is 1. The summed E-state index contributed by atoms with van der Waals surface area (Å²) in [7, 11) is -3.63. The van der Waals surface area contributed by atoms with Crippen LogP contribution in [0.3, 0.4) is 0 Å². The Balaban J connectivity index is 1.36. The normalized spacial score (nSPS) is 16.8. The van der Waals surface area contributed by atoms with E-state index in [1.165, 1.54) is 10.4 Å². The molecule has 1 aliphatic rings. The van der Waals surface area contributed by atoms with Crippen LogP contribution in [0.15, 0.2) is 67.0 Å². The van der Waals surface area contributed by atoms with E-state index in [0.717, 1.165) is 17.5 Å². The molecule has 1 aromatic heterocycles. The van der Waals surface area contributed by atoms with Gasteiger partial charge in [0.2, 0.25) is 15.9 Å². The van der Waals surface area contributed by atoms with E-state index >= 15 is 0 Å². The van der Waals surface area contributed by atoms with E-state index in [1.807, 2.05) is 36.4 Å². The molecular formula is C25H25Cl2N3O3S. The molecule has 34 heavy (non-hydrogen) atoms. The summed E-state index contributed by atoms with van der Waals surface area (Å²) < 4.78 is 27.4. The van der Waals surface area contributed by atoms with E-state index in [2.05, 4.69) is 10.3 Å². The Labute approximate surface area is 210 Å². The minimum absolute atomic E-state index is 0.152. The van der Waals surface area contributed by atoms with Gasteiger partial charge in [-0.05, 0) is 72.4 Å². The number of anilines is 1. The second-order valence-corrected chi connectivity index (χ2v) is 11.2. The number of hydrogen-bond acceptors (Lipinski definition) is 4. The van der Waals surface area contributed by atoms with Crippen molar-refractivity contribution in [3.05, 3.63) is 93.7 Å². The molecule has 0 spiro atoms. The first-order valence-corrected chi connectivity index (χ1v) is 13.4. The van der Waals surface area contributed by atoms with Gasteiger partial charge in [-0.2, -0.15) is 0 Å². The van der Waals surface area contributed by atoms with Crippen LogP contribution in [0.1, 0.15) is 29.5 Å². The van der Waals surface area contributed by atoms with E-state index in [-0.39, 0.29) is 18.2 Å². The number of halogens is 2. The highest BCUT2D eigenvalue weighted by molar-refractivity contribution is 7.88. The van der Waals surface area contributed by atoms with Crippen LogP contribution >= 0.6 is 23.2 Å². The summed E-state index contributed by atoms with van der Waals surface area (Å²) in [6.07, 6.45) is 5.57. The van der Waals surface area contributed by atoms with Crippen molar-refractivity contribution in [3.8, 4) is 0 Å². The SMILES string of the molecule is O=C(Nc1ccc(Cc2ccncc2)cc1)[C@@H]1CCCN(S(=O)(=O)Cc2ccc(Cl)cc2Cl)C1. The summed E-state index contributed by atoms with van der Waals surface area (Å²) >= 11 is 12.1. The maximum atomic E-state index is 13.0. The van der Waals surface area contributed by atoms with E-state index < -0.39 is 15.9 Å². The Morgan fingerprint density at radius 2 is 1.74 bits per heavy atom. The molecule has 1 fully saturated rings. The summed E-state index contributed by atoms with van der Waals surface area (Å²) in [4.78, 5) is 16.9. The van der Waals surface area contributed by atoms with Crippen molar-refractivity contribution in [3.63, 3.8) is 0 Å². The number of rotatable bonds is 7. The average molecular weight is 518 g/mol. The molecule has 3 aromatic rings. The molecule has 9 heteroatoms. The van der Waals surface area contributed by atoms with Crippen molar-refractivity contribution in [2.75, 3.05) is 18.4 Å². The summed E-state index contributed by atoms with van der Waals surface area (Å²) in [5.41, 5.74) is 3.47. The molecule has 178 valence electrons. The lowest BCUT2D eigenvalue weighted by Crippen LogP contribution is -2.44. The molecule has 0 bridgehead atoms. The zero-order chi connectivity index (χ0) is 24.1. The Morgan fingerprint density at radius 1 is 1.03 bits per heavy atom. The molecule has 2 aromatic carbocycles. The van der Waals surface area contributed by atoms with Crippen LogP contribution in [0.4, 0.5) is 5.69 Å². The fourth-order valence-corrected chi connectivity index (χ4v) is 6.22. The molecule has 0 aliphatic carbocycles. The molecule has 1 atom stereocenters. The molecule has 4 rings (SSSR count). The average Bonchev–Trinajstić information content (AvgIpc) is 2.83. The van der Waals surface area contributed by atoms with Crippen LogP contribution < -0.4 is 5.32 Å². The van der Waals surface area contributed by atoms with Crippen LogP contribution in [0, 0.1) is 5.92 Å². The lowest BCUT2D eigenvalue weighted by atomic mass is 9.98. The van der Waals surface area contributed by atoms with E-state index in [4.69, 9.17) is 23.2 Å². The quantitative estimate of drug-likeness (QED) is 0.469. The van der Waals surface area contributed by atoms with Gasteiger partial charge in [0.15, 0.2) is 0 Å². The Kier molecular flexibility index (Phi) is 7.88. The van der Waals surface area contributed by atoms with Crippen molar-refractivity contribution in [2.45, 2.75) is 25.0 Å². The van der Waals surface area contributed by atoms with Crippen molar-refractivity contribution >= 4 is 44.8 Å². The number of nitrogens with zero attached hydrogens (tertiary/aromatic N) is 2. The van der Waals surface area contributed by atoms with E-state index in [0.29, 0.717) is 40.7 Å². The second-order valence-electron chi connectivity index (χ2n) is 8.41. The first-order valence-electron chi connectivity index (χ1n) is 11.0. The van der Waals surface area contributed by atoms with E-state index in [9.17, 15) is 13.2 Å². The molecule has 1 saturated heterocycles. The van der Waals surface area contributed by atoms with Gasteiger partial charge in [0.1, 0.15) is 0 Å². The highest BCUT2D eigenvalue weighted by Crippen LogP contribution is 2.27. The summed E-state index contributed by atoms with van der Waals surface area (Å²) in [6, 6.07) is 16.4. The van der Waals surface area contributed by atoms with Gasteiger partial charge in [-0.3, -0.25) is 9.78 Å². The van der Waals surface area contributed by atoms with Crippen LogP contribution in [-0.4, -0.2) is 36.7 Å². The van der Waals surface area contributed by atoms with Gasteiger partial charge in [-0.25, -0.2) is 12.7 Å². The van der Waals surface area contributed by atoms with Crippen LogP contribution in [0.5, 0.6) is 0 Å². The Bertz CT molecular complexity index is 1250. The van der Waals surface area contributed by atoms with E-state index in [1.54, 1.807) is 24.5 Å². The molecule has 1 aliphatic heterocycles. The lowest BCUT2D eigenvalue weighted by Gasteiger charge is -2.31. The Hall–Kier alpha value is -2.45. The third-order valence-electron chi connectivity index (χ3n) is 5.88. The molecule has 1 N–H and O–H groups in total. The van der Waals surface area contributed by atoms with Gasteiger partial charge in [0.25, 0.3) is 0 Å². The first-order chi connectivity index (χ1) is 16.3. The minimum Gasteiger partial charge on any atom is -0.326 e. The number of sulfonamides is 1. The number of hydrogen-bond donors (Lipinski definition) is 1. The van der Waals surface area contributed by atoms with Crippen LogP contribution in [-0.2, 0) is 27.0 Å². The van der Waals surface area contributed by atoms with Gasteiger partial charge < -0.3 is 5.32 Å². The summed E-state index contributed by atoms with van der Waals surface area (Å²) in [5.74, 6) is -0.817. The van der Waals surface area contributed by atoms with Gasteiger partial charge >= 0.3 is 0 Å². The number of nitrogens with one attached hydrogen (secondary N) is 1. The van der Waals surface area contributed by atoms with Gasteiger partial charge in [-0.1, -0.05) is 41.4 Å². The summed E-state index contributed by atoms with van der Waals surface area (Å²) in [6.45, 7) is 0.542. The highest BCUT2D eigenvalue weighted by atomic mass is 35.5. The van der Waals surface area contributed by atoms with Crippen molar-refractivity contribution in [2.24, 2.45) is 5.92 Å². The lowest BCUT2D eigenvalue weighted by molar-refractivity contribution is -0.120. The van der Waals surface area contributed by atoms with Crippen LogP contribution in [0.2, 0.25) is 10.0 Å². The van der Waals surface area contributed by atoms with Gasteiger partial charge in [-0.15, -0.1) is 0 Å². The predicted octanol–water partition coefficient (Wildman–Crippen LogP) is 5.16. The fraction of sp³-hybridized carbons (Fsp3) is 0.280. The first kappa shape index (κ1) is 24.7. The molecule has 2 heterocycles. The number of benzene rings is 2. The predicted molar refractivity (Wildman–Crippen MR) is 135 cm³/mol. The molecule has 0 radical (unpaired) electrons.